The largest absolute Gasteiger partial charge is 0.477 e. The van der Waals surface area contributed by atoms with Crippen molar-refractivity contribution in [2.75, 3.05) is 13.2 Å². The zero-order valence-corrected chi connectivity index (χ0v) is 15.2. The first-order valence-electron chi connectivity index (χ1n) is 9.39. The molecule has 0 amide bonds. The number of carboxylic acids is 1. The molecular weight excluding hydrogens is 372 g/mol. The van der Waals surface area contributed by atoms with Crippen LogP contribution in [0.1, 0.15) is 53.9 Å². The number of Topliss-reactive ketones (excluding diaryl/α,β-unsaturated/α-hetero) is 1. The highest BCUT2D eigenvalue weighted by atomic mass is 19.1. The molecule has 1 aromatic carbocycles. The van der Waals surface area contributed by atoms with Gasteiger partial charge in [-0.3, -0.25) is 4.79 Å². The maximum absolute atomic E-state index is 14.7. The van der Waals surface area contributed by atoms with Crippen LogP contribution in [0.15, 0.2) is 23.9 Å². The van der Waals surface area contributed by atoms with Gasteiger partial charge in [-0.25, -0.2) is 13.6 Å². The Labute approximate surface area is 160 Å². The summed E-state index contributed by atoms with van der Waals surface area (Å²) in [4.78, 5) is 23.9. The lowest BCUT2D eigenvalue weighted by Crippen LogP contribution is -2.25. The van der Waals surface area contributed by atoms with E-state index >= 15 is 0 Å². The molecule has 1 aromatic rings. The third-order valence-electron chi connectivity index (χ3n) is 5.53. The van der Waals surface area contributed by atoms with Crippen molar-refractivity contribution in [3.63, 3.8) is 0 Å². The van der Waals surface area contributed by atoms with Gasteiger partial charge in [0.15, 0.2) is 5.79 Å². The third kappa shape index (κ3) is 3.66. The van der Waals surface area contributed by atoms with Crippen LogP contribution < -0.4 is 5.32 Å². The zero-order chi connectivity index (χ0) is 19.9. The molecule has 4 rings (SSSR count). The van der Waals surface area contributed by atoms with E-state index in [0.29, 0.717) is 32.5 Å². The van der Waals surface area contributed by atoms with E-state index in [1.165, 1.54) is 0 Å². The van der Waals surface area contributed by atoms with Crippen molar-refractivity contribution in [2.24, 2.45) is 0 Å². The van der Waals surface area contributed by atoms with Gasteiger partial charge in [0.25, 0.3) is 0 Å². The first-order valence-corrected chi connectivity index (χ1v) is 9.39. The van der Waals surface area contributed by atoms with E-state index in [1.54, 1.807) is 0 Å². The van der Waals surface area contributed by atoms with Crippen molar-refractivity contribution >= 4 is 11.8 Å². The molecule has 0 radical (unpaired) electrons. The van der Waals surface area contributed by atoms with Gasteiger partial charge >= 0.3 is 5.97 Å². The number of carbonyl (C=O) groups excluding carboxylic acids is 1. The first-order chi connectivity index (χ1) is 13.4. The molecule has 1 aliphatic heterocycles. The Morgan fingerprint density at radius 2 is 1.86 bits per heavy atom. The summed E-state index contributed by atoms with van der Waals surface area (Å²) in [5.74, 6) is -5.23. The molecule has 1 saturated heterocycles. The maximum atomic E-state index is 14.7. The third-order valence-corrected chi connectivity index (χ3v) is 5.53. The molecule has 1 heterocycles. The summed E-state index contributed by atoms with van der Waals surface area (Å²) in [6, 6.07) is 1.91. The summed E-state index contributed by atoms with van der Waals surface area (Å²) in [5.41, 5.74) is -1.05. The van der Waals surface area contributed by atoms with Crippen LogP contribution in [0.25, 0.3) is 0 Å². The summed E-state index contributed by atoms with van der Waals surface area (Å²) in [6.07, 6.45) is 4.43. The molecule has 0 bridgehead atoms. The molecule has 28 heavy (non-hydrogen) atoms. The quantitative estimate of drug-likeness (QED) is 0.335. The van der Waals surface area contributed by atoms with Crippen molar-refractivity contribution in [1.29, 1.82) is 0 Å². The zero-order valence-electron chi connectivity index (χ0n) is 15.2. The Hall–Kier alpha value is -2.32. The van der Waals surface area contributed by atoms with Crippen LogP contribution in [0, 0.1) is 11.6 Å². The average Bonchev–Trinajstić information content (AvgIpc) is 3.22. The van der Waals surface area contributed by atoms with Crippen LogP contribution in [0.2, 0.25) is 0 Å². The number of hydrogen-bond acceptors (Lipinski definition) is 5. The monoisotopic (exact) mass is 393 g/mol. The molecule has 1 unspecified atom stereocenters. The van der Waals surface area contributed by atoms with Crippen LogP contribution in [-0.4, -0.2) is 41.9 Å². The highest BCUT2D eigenvalue weighted by Gasteiger charge is 2.45. The summed E-state index contributed by atoms with van der Waals surface area (Å²) in [6.45, 7) is 0.965. The van der Waals surface area contributed by atoms with Crippen LogP contribution in [0.3, 0.4) is 0 Å². The Morgan fingerprint density at radius 3 is 2.50 bits per heavy atom. The van der Waals surface area contributed by atoms with Gasteiger partial charge in [0, 0.05) is 25.1 Å². The number of halogens is 2. The summed E-state index contributed by atoms with van der Waals surface area (Å²) in [7, 11) is 0. The van der Waals surface area contributed by atoms with Crippen LogP contribution in [-0.2, 0) is 14.3 Å². The van der Waals surface area contributed by atoms with Gasteiger partial charge in [-0.1, -0.05) is 0 Å². The number of aliphatic carboxylic acids is 1. The average molecular weight is 393 g/mol. The summed E-state index contributed by atoms with van der Waals surface area (Å²) >= 11 is 0. The second-order valence-electron chi connectivity index (χ2n) is 7.53. The van der Waals surface area contributed by atoms with Crippen molar-refractivity contribution in [3.8, 4) is 0 Å². The molecule has 2 N–H and O–H groups in total. The molecule has 6 nitrogen and oxygen atoms in total. The molecule has 0 aromatic heterocycles. The van der Waals surface area contributed by atoms with Gasteiger partial charge in [0.05, 0.1) is 18.8 Å². The van der Waals surface area contributed by atoms with E-state index in [4.69, 9.17) is 9.47 Å². The molecule has 8 heteroatoms. The van der Waals surface area contributed by atoms with Gasteiger partial charge in [-0.05, 0) is 42.9 Å². The van der Waals surface area contributed by atoms with Crippen LogP contribution in [0.4, 0.5) is 8.78 Å². The van der Waals surface area contributed by atoms with E-state index in [9.17, 15) is 23.5 Å². The molecule has 1 atom stereocenters. The topological polar surface area (TPSA) is 84.9 Å². The SMILES string of the molecule is O=C(O)/C(=C/NC1CC1)C(=O)c1cc(F)c(C2CCC3(C2)OCCO3)cc1F. The van der Waals surface area contributed by atoms with E-state index in [-0.39, 0.29) is 17.5 Å². The molecule has 150 valence electrons. The number of ketones is 1. The molecule has 2 aliphatic carbocycles. The Bertz CT molecular complexity index is 843. The lowest BCUT2D eigenvalue weighted by molar-refractivity contribution is -0.151. The lowest BCUT2D eigenvalue weighted by Gasteiger charge is -2.21. The number of rotatable bonds is 6. The number of carboxylic acid groups (broad SMARTS) is 1. The predicted octanol–water partition coefficient (Wildman–Crippen LogP) is 2.88. The summed E-state index contributed by atoms with van der Waals surface area (Å²) in [5, 5.41) is 12.1. The molecular formula is C20H21F2NO5. The smallest absolute Gasteiger partial charge is 0.341 e. The second kappa shape index (κ2) is 7.25. The number of benzene rings is 1. The van der Waals surface area contributed by atoms with Crippen molar-refractivity contribution in [3.05, 3.63) is 46.7 Å². The number of ether oxygens (including phenoxy) is 2. The summed E-state index contributed by atoms with van der Waals surface area (Å²) < 4.78 is 40.6. The number of carbonyl (C=O) groups is 2. The van der Waals surface area contributed by atoms with E-state index < -0.39 is 40.3 Å². The molecule has 2 saturated carbocycles. The highest BCUT2D eigenvalue weighted by Crippen LogP contribution is 2.46. The Morgan fingerprint density at radius 1 is 1.14 bits per heavy atom. The standard InChI is InChI=1S/C20H21F2NO5/c21-16-8-14(18(24)15(19(25)26)10-23-12-1-2-12)17(22)7-13(16)11-3-4-20(9-11)27-5-6-28-20/h7-8,10-12,23H,1-6,9H2,(H,25,26)/b15-10+. The Kier molecular flexibility index (Phi) is 4.93. The van der Waals surface area contributed by atoms with Crippen molar-refractivity contribution in [2.45, 2.75) is 49.9 Å². The molecule has 3 aliphatic rings. The van der Waals surface area contributed by atoms with E-state index in [0.717, 1.165) is 31.2 Å². The fraction of sp³-hybridized carbons (Fsp3) is 0.500. The molecule has 3 fully saturated rings. The fourth-order valence-electron chi connectivity index (χ4n) is 3.87. The minimum atomic E-state index is -1.49. The number of hydrogen-bond donors (Lipinski definition) is 2. The van der Waals surface area contributed by atoms with Gasteiger partial charge < -0.3 is 19.9 Å². The minimum Gasteiger partial charge on any atom is -0.477 e. The van der Waals surface area contributed by atoms with Gasteiger partial charge in [-0.2, -0.15) is 0 Å². The Balaban J connectivity index is 1.57. The van der Waals surface area contributed by atoms with Crippen molar-refractivity contribution in [1.82, 2.24) is 5.32 Å². The van der Waals surface area contributed by atoms with Gasteiger partial charge in [0.2, 0.25) is 5.78 Å². The van der Waals surface area contributed by atoms with E-state index in [1.807, 2.05) is 0 Å². The fourth-order valence-corrected chi connectivity index (χ4v) is 3.87. The van der Waals surface area contributed by atoms with Crippen molar-refractivity contribution < 1.29 is 33.0 Å². The molecule has 1 spiro atoms. The van der Waals surface area contributed by atoms with Crippen LogP contribution >= 0.6 is 0 Å². The highest BCUT2D eigenvalue weighted by molar-refractivity contribution is 6.23. The number of nitrogens with one attached hydrogen (secondary N) is 1. The normalized spacial score (nSPS) is 23.9. The van der Waals surface area contributed by atoms with Gasteiger partial charge in [0.1, 0.15) is 17.2 Å². The van der Waals surface area contributed by atoms with E-state index in [2.05, 4.69) is 5.32 Å². The second-order valence-corrected chi connectivity index (χ2v) is 7.53. The van der Waals surface area contributed by atoms with Crippen LogP contribution in [0.5, 0.6) is 0 Å². The predicted molar refractivity (Wildman–Crippen MR) is 93.8 cm³/mol. The lowest BCUT2D eigenvalue weighted by atomic mass is 9.93. The maximum Gasteiger partial charge on any atom is 0.341 e. The first kappa shape index (κ1) is 19.0. The minimum absolute atomic E-state index is 0.126. The van der Waals surface area contributed by atoms with Gasteiger partial charge in [-0.15, -0.1) is 0 Å².